The van der Waals surface area contributed by atoms with Crippen molar-refractivity contribution < 1.29 is 14.2 Å². The Bertz CT molecular complexity index is 899. The van der Waals surface area contributed by atoms with Crippen molar-refractivity contribution in [1.82, 2.24) is 4.57 Å². The van der Waals surface area contributed by atoms with E-state index in [4.69, 9.17) is 14.2 Å². The SMILES string of the molecule is COc1ccc(COc2cn(Cc3ccc(OC)cc3)ccc2=O)cc1. The molecule has 0 saturated carbocycles. The Morgan fingerprint density at radius 3 is 1.96 bits per heavy atom. The first-order valence-electron chi connectivity index (χ1n) is 8.26. The van der Waals surface area contributed by atoms with E-state index < -0.39 is 0 Å². The van der Waals surface area contributed by atoms with Crippen LogP contribution in [0.3, 0.4) is 0 Å². The smallest absolute Gasteiger partial charge is 0.223 e. The molecule has 0 atom stereocenters. The van der Waals surface area contributed by atoms with Crippen molar-refractivity contribution in [2.75, 3.05) is 14.2 Å². The molecule has 0 aliphatic rings. The first-order chi connectivity index (χ1) is 12.7. The number of hydrogen-bond acceptors (Lipinski definition) is 4. The van der Waals surface area contributed by atoms with E-state index in [1.807, 2.05) is 53.1 Å². The zero-order valence-electron chi connectivity index (χ0n) is 14.8. The third-order valence-corrected chi connectivity index (χ3v) is 4.02. The van der Waals surface area contributed by atoms with Gasteiger partial charge in [0.25, 0.3) is 0 Å². The van der Waals surface area contributed by atoms with Crippen LogP contribution < -0.4 is 19.6 Å². The van der Waals surface area contributed by atoms with E-state index in [0.29, 0.717) is 18.9 Å². The predicted octanol–water partition coefficient (Wildman–Crippen LogP) is 3.49. The fraction of sp³-hybridized carbons (Fsp3) is 0.190. The molecule has 0 aliphatic heterocycles. The molecule has 3 aromatic rings. The molecule has 0 radical (unpaired) electrons. The Morgan fingerprint density at radius 1 is 0.808 bits per heavy atom. The van der Waals surface area contributed by atoms with E-state index in [9.17, 15) is 4.79 Å². The van der Waals surface area contributed by atoms with Crippen LogP contribution in [0.2, 0.25) is 0 Å². The van der Waals surface area contributed by atoms with Crippen LogP contribution in [0.25, 0.3) is 0 Å². The average Bonchev–Trinajstić information content (AvgIpc) is 2.69. The molecule has 1 heterocycles. The second-order valence-corrected chi connectivity index (χ2v) is 5.83. The summed E-state index contributed by atoms with van der Waals surface area (Å²) in [5, 5.41) is 0. The average molecular weight is 351 g/mol. The van der Waals surface area contributed by atoms with Gasteiger partial charge >= 0.3 is 0 Å². The van der Waals surface area contributed by atoms with Gasteiger partial charge in [-0.25, -0.2) is 0 Å². The molecule has 26 heavy (non-hydrogen) atoms. The minimum Gasteiger partial charge on any atom is -0.497 e. The van der Waals surface area contributed by atoms with Gasteiger partial charge in [-0.2, -0.15) is 0 Å². The molecular formula is C21H21NO4. The fourth-order valence-electron chi connectivity index (χ4n) is 2.53. The summed E-state index contributed by atoms with van der Waals surface area (Å²) in [4.78, 5) is 12.1. The van der Waals surface area contributed by atoms with Crippen LogP contribution in [0.5, 0.6) is 17.2 Å². The second kappa shape index (κ2) is 8.25. The fourth-order valence-corrected chi connectivity index (χ4v) is 2.53. The molecule has 0 aliphatic carbocycles. The van der Waals surface area contributed by atoms with Crippen molar-refractivity contribution in [2.45, 2.75) is 13.2 Å². The minimum atomic E-state index is -0.135. The van der Waals surface area contributed by atoms with Crippen molar-refractivity contribution in [2.24, 2.45) is 0 Å². The minimum absolute atomic E-state index is 0.135. The molecule has 0 amide bonds. The summed E-state index contributed by atoms with van der Waals surface area (Å²) in [6.45, 7) is 0.967. The lowest BCUT2D eigenvalue weighted by molar-refractivity contribution is 0.300. The Kier molecular flexibility index (Phi) is 5.59. The van der Waals surface area contributed by atoms with E-state index >= 15 is 0 Å². The standard InChI is InChI=1S/C21H21NO4/c1-24-18-7-3-16(4-8-18)13-22-12-11-20(23)21(14-22)26-15-17-5-9-19(25-2)10-6-17/h3-12,14H,13,15H2,1-2H3. The largest absolute Gasteiger partial charge is 0.497 e. The highest BCUT2D eigenvalue weighted by Crippen LogP contribution is 2.15. The quantitative estimate of drug-likeness (QED) is 0.654. The van der Waals surface area contributed by atoms with Gasteiger partial charge in [-0.1, -0.05) is 24.3 Å². The number of hydrogen-bond donors (Lipinski definition) is 0. The van der Waals surface area contributed by atoms with Crippen LogP contribution in [-0.4, -0.2) is 18.8 Å². The van der Waals surface area contributed by atoms with Crippen LogP contribution >= 0.6 is 0 Å². The van der Waals surface area contributed by atoms with Gasteiger partial charge in [0, 0.05) is 18.8 Å². The van der Waals surface area contributed by atoms with Crippen LogP contribution in [0.15, 0.2) is 71.8 Å². The Labute approximate surface area is 152 Å². The number of aromatic nitrogens is 1. The highest BCUT2D eigenvalue weighted by molar-refractivity contribution is 5.29. The highest BCUT2D eigenvalue weighted by atomic mass is 16.5. The number of nitrogens with zero attached hydrogens (tertiary/aromatic N) is 1. The summed E-state index contributed by atoms with van der Waals surface area (Å²) < 4.78 is 17.9. The molecule has 0 N–H and O–H groups in total. The molecule has 5 heteroatoms. The lowest BCUT2D eigenvalue weighted by Crippen LogP contribution is -2.11. The van der Waals surface area contributed by atoms with E-state index in [1.165, 1.54) is 6.07 Å². The zero-order chi connectivity index (χ0) is 18.4. The third kappa shape index (κ3) is 4.45. The molecule has 0 saturated heterocycles. The van der Waals surface area contributed by atoms with Crippen molar-refractivity contribution in [3.05, 3.63) is 88.3 Å². The van der Waals surface area contributed by atoms with Gasteiger partial charge in [0.1, 0.15) is 18.1 Å². The highest BCUT2D eigenvalue weighted by Gasteiger charge is 2.04. The topological polar surface area (TPSA) is 49.7 Å². The molecule has 0 unspecified atom stereocenters. The van der Waals surface area contributed by atoms with E-state index in [-0.39, 0.29) is 5.43 Å². The number of rotatable bonds is 7. The number of ether oxygens (including phenoxy) is 3. The summed E-state index contributed by atoms with van der Waals surface area (Å²) >= 11 is 0. The Balaban J connectivity index is 1.69. The predicted molar refractivity (Wildman–Crippen MR) is 100 cm³/mol. The van der Waals surface area contributed by atoms with E-state index in [1.54, 1.807) is 26.6 Å². The lowest BCUT2D eigenvalue weighted by atomic mass is 10.2. The molecule has 134 valence electrons. The van der Waals surface area contributed by atoms with Crippen molar-refractivity contribution in [1.29, 1.82) is 0 Å². The van der Waals surface area contributed by atoms with Gasteiger partial charge in [0.05, 0.1) is 20.4 Å². The van der Waals surface area contributed by atoms with Crippen molar-refractivity contribution in [3.8, 4) is 17.2 Å². The van der Waals surface area contributed by atoms with Gasteiger partial charge in [0.2, 0.25) is 5.43 Å². The lowest BCUT2D eigenvalue weighted by Gasteiger charge is -2.11. The van der Waals surface area contributed by atoms with E-state index in [0.717, 1.165) is 22.6 Å². The van der Waals surface area contributed by atoms with Crippen LogP contribution in [0.4, 0.5) is 0 Å². The number of pyridine rings is 1. The van der Waals surface area contributed by atoms with Crippen LogP contribution in [0, 0.1) is 0 Å². The number of benzene rings is 2. The molecule has 0 spiro atoms. The van der Waals surface area contributed by atoms with Gasteiger partial charge in [0.15, 0.2) is 5.75 Å². The Morgan fingerprint density at radius 2 is 1.38 bits per heavy atom. The first-order valence-corrected chi connectivity index (χ1v) is 8.26. The monoisotopic (exact) mass is 351 g/mol. The molecule has 0 fully saturated rings. The third-order valence-electron chi connectivity index (χ3n) is 4.02. The normalized spacial score (nSPS) is 10.4. The molecule has 3 rings (SSSR count). The van der Waals surface area contributed by atoms with Gasteiger partial charge < -0.3 is 18.8 Å². The number of methoxy groups -OCH3 is 2. The molecule has 5 nitrogen and oxygen atoms in total. The Hall–Kier alpha value is -3.21. The maximum atomic E-state index is 12.1. The van der Waals surface area contributed by atoms with Crippen LogP contribution in [-0.2, 0) is 13.2 Å². The summed E-state index contributed by atoms with van der Waals surface area (Å²) in [5.74, 6) is 1.93. The van der Waals surface area contributed by atoms with Crippen molar-refractivity contribution in [3.63, 3.8) is 0 Å². The van der Waals surface area contributed by atoms with Crippen molar-refractivity contribution >= 4 is 0 Å². The maximum absolute atomic E-state index is 12.1. The molecular weight excluding hydrogens is 330 g/mol. The van der Waals surface area contributed by atoms with Crippen LogP contribution in [0.1, 0.15) is 11.1 Å². The van der Waals surface area contributed by atoms with Gasteiger partial charge in [-0.3, -0.25) is 4.79 Å². The van der Waals surface area contributed by atoms with Gasteiger partial charge in [-0.15, -0.1) is 0 Å². The first kappa shape index (κ1) is 17.6. The zero-order valence-corrected chi connectivity index (χ0v) is 14.8. The summed E-state index contributed by atoms with van der Waals surface area (Å²) in [7, 11) is 3.27. The summed E-state index contributed by atoms with van der Waals surface area (Å²) in [5.41, 5.74) is 1.94. The summed E-state index contributed by atoms with van der Waals surface area (Å²) in [6.07, 6.45) is 3.49. The molecule has 1 aromatic heterocycles. The van der Waals surface area contributed by atoms with E-state index in [2.05, 4.69) is 0 Å². The summed E-state index contributed by atoms with van der Waals surface area (Å²) in [6, 6.07) is 16.9. The second-order valence-electron chi connectivity index (χ2n) is 5.83. The maximum Gasteiger partial charge on any atom is 0.223 e. The molecule has 0 bridgehead atoms. The van der Waals surface area contributed by atoms with Gasteiger partial charge in [-0.05, 0) is 35.4 Å². The molecule has 2 aromatic carbocycles.